The number of nitrogens with two attached hydrogens (primary N) is 1. The number of ether oxygens (including phenoxy) is 1. The Kier molecular flexibility index (Phi) is 7.31. The van der Waals surface area contributed by atoms with Crippen LogP contribution >= 0.6 is 0 Å². The van der Waals surface area contributed by atoms with Crippen LogP contribution in [0.1, 0.15) is 5.56 Å². The molecule has 12 heteroatoms. The molecule has 33 heavy (non-hydrogen) atoms. The Bertz CT molecular complexity index is 1330. The summed E-state index contributed by atoms with van der Waals surface area (Å²) in [7, 11) is -7.66. The van der Waals surface area contributed by atoms with Crippen LogP contribution in [0.3, 0.4) is 0 Å². The van der Waals surface area contributed by atoms with Gasteiger partial charge in [-0.2, -0.15) is 0 Å². The summed E-state index contributed by atoms with van der Waals surface area (Å²) in [5.41, 5.74) is 0.881. The van der Waals surface area contributed by atoms with Gasteiger partial charge in [0.25, 0.3) is 15.9 Å². The van der Waals surface area contributed by atoms with E-state index < -0.39 is 31.8 Å². The summed E-state index contributed by atoms with van der Waals surface area (Å²) >= 11 is 0. The monoisotopic (exact) mass is 493 g/mol. The summed E-state index contributed by atoms with van der Waals surface area (Å²) in [4.78, 5) is 11.9. The first-order valence-corrected chi connectivity index (χ1v) is 12.5. The van der Waals surface area contributed by atoms with Crippen molar-refractivity contribution in [3.05, 3.63) is 84.2 Å². The van der Waals surface area contributed by atoms with Crippen LogP contribution in [0.15, 0.2) is 82.6 Å². The van der Waals surface area contributed by atoms with Crippen LogP contribution in [-0.2, 0) is 31.4 Å². The molecule has 9 nitrogen and oxygen atoms in total. The molecule has 0 heterocycles. The Morgan fingerprint density at radius 1 is 0.848 bits per heavy atom. The van der Waals surface area contributed by atoms with Gasteiger partial charge < -0.3 is 10.1 Å². The number of hydrogen-bond donors (Lipinski definition) is 3. The van der Waals surface area contributed by atoms with Gasteiger partial charge in [-0.15, -0.1) is 0 Å². The first-order chi connectivity index (χ1) is 15.5. The van der Waals surface area contributed by atoms with Crippen molar-refractivity contribution in [3.63, 3.8) is 0 Å². The highest BCUT2D eigenvalue weighted by atomic mass is 32.2. The number of amides is 1. The van der Waals surface area contributed by atoms with E-state index in [0.717, 1.165) is 12.1 Å². The fourth-order valence-corrected chi connectivity index (χ4v) is 4.22. The molecule has 0 radical (unpaired) electrons. The van der Waals surface area contributed by atoms with E-state index in [1.165, 1.54) is 60.7 Å². The van der Waals surface area contributed by atoms with Gasteiger partial charge in [-0.25, -0.2) is 26.4 Å². The third kappa shape index (κ3) is 7.00. The SMILES string of the molecule is NS(=O)(=O)c1ccc(CNC(=O)COc2ccc(S(=O)(=O)Nc3ccc(F)cc3)cc2)cc1. The highest BCUT2D eigenvalue weighted by molar-refractivity contribution is 7.92. The average molecular weight is 494 g/mol. The number of sulfonamides is 2. The maximum Gasteiger partial charge on any atom is 0.261 e. The van der Waals surface area contributed by atoms with Gasteiger partial charge in [0.1, 0.15) is 11.6 Å². The van der Waals surface area contributed by atoms with E-state index in [-0.39, 0.29) is 34.4 Å². The van der Waals surface area contributed by atoms with E-state index in [1.54, 1.807) is 0 Å². The number of anilines is 1. The number of benzene rings is 3. The quantitative estimate of drug-likeness (QED) is 0.416. The van der Waals surface area contributed by atoms with Crippen molar-refractivity contribution in [1.29, 1.82) is 0 Å². The molecule has 3 aromatic carbocycles. The summed E-state index contributed by atoms with van der Waals surface area (Å²) in [6, 6.07) is 16.0. The van der Waals surface area contributed by atoms with Crippen LogP contribution in [0.4, 0.5) is 10.1 Å². The first kappa shape index (κ1) is 24.2. The van der Waals surface area contributed by atoms with E-state index in [2.05, 4.69) is 10.0 Å². The standard InChI is InChI=1S/C21H20FN3O6S2/c22-16-3-5-17(6-4-16)25-33(29,30)20-11-7-18(8-12-20)31-14-21(26)24-13-15-1-9-19(10-2-15)32(23,27)28/h1-12,25H,13-14H2,(H,24,26)(H2,23,27,28). The minimum absolute atomic E-state index is 0.0285. The Balaban J connectivity index is 1.50. The molecule has 0 bridgehead atoms. The molecule has 174 valence electrons. The van der Waals surface area contributed by atoms with Crippen LogP contribution in [-0.4, -0.2) is 29.3 Å². The molecule has 0 aliphatic rings. The van der Waals surface area contributed by atoms with Gasteiger partial charge in [0.05, 0.1) is 9.79 Å². The number of carbonyl (C=O) groups is 1. The van der Waals surface area contributed by atoms with Crippen LogP contribution < -0.4 is 19.9 Å². The second-order valence-electron chi connectivity index (χ2n) is 6.84. The maximum absolute atomic E-state index is 13.0. The number of primary sulfonamides is 1. The molecule has 3 aromatic rings. The number of carbonyl (C=O) groups excluding carboxylic acids is 1. The molecule has 0 fully saturated rings. The van der Waals surface area contributed by atoms with Crippen molar-refractivity contribution >= 4 is 31.6 Å². The van der Waals surface area contributed by atoms with Crippen LogP contribution in [0, 0.1) is 5.82 Å². The average Bonchev–Trinajstić information content (AvgIpc) is 2.77. The van der Waals surface area contributed by atoms with Crippen molar-refractivity contribution in [1.82, 2.24) is 5.32 Å². The molecule has 0 saturated heterocycles. The molecule has 0 atom stereocenters. The van der Waals surface area contributed by atoms with E-state index in [1.807, 2.05) is 0 Å². The molecule has 1 amide bonds. The van der Waals surface area contributed by atoms with Gasteiger partial charge in [0.15, 0.2) is 6.61 Å². The zero-order chi connectivity index (χ0) is 24.1. The molecule has 0 aliphatic carbocycles. The largest absolute Gasteiger partial charge is 0.484 e. The molecule has 0 saturated carbocycles. The normalized spacial score (nSPS) is 11.6. The van der Waals surface area contributed by atoms with Crippen LogP contribution in [0.25, 0.3) is 0 Å². The van der Waals surface area contributed by atoms with Crippen LogP contribution in [0.2, 0.25) is 0 Å². The van der Waals surface area contributed by atoms with E-state index in [9.17, 15) is 26.0 Å². The summed E-state index contributed by atoms with van der Waals surface area (Å²) in [6.07, 6.45) is 0. The van der Waals surface area contributed by atoms with Gasteiger partial charge in [0, 0.05) is 12.2 Å². The number of nitrogens with one attached hydrogen (secondary N) is 2. The van der Waals surface area contributed by atoms with Crippen molar-refractivity contribution in [2.24, 2.45) is 5.14 Å². The smallest absolute Gasteiger partial charge is 0.261 e. The molecule has 4 N–H and O–H groups in total. The minimum atomic E-state index is -3.88. The van der Waals surface area contributed by atoms with Crippen LogP contribution in [0.5, 0.6) is 5.75 Å². The van der Waals surface area contributed by atoms with Gasteiger partial charge in [-0.3, -0.25) is 9.52 Å². The fourth-order valence-electron chi connectivity index (χ4n) is 2.64. The van der Waals surface area contributed by atoms with Crippen molar-refractivity contribution in [2.75, 3.05) is 11.3 Å². The summed E-state index contributed by atoms with van der Waals surface area (Å²) in [6.45, 7) is -0.158. The second kappa shape index (κ2) is 9.98. The van der Waals surface area contributed by atoms with Gasteiger partial charge in [0.2, 0.25) is 10.0 Å². The second-order valence-corrected chi connectivity index (χ2v) is 10.1. The third-order valence-electron chi connectivity index (χ3n) is 4.34. The fraction of sp³-hybridized carbons (Fsp3) is 0.0952. The third-order valence-corrected chi connectivity index (χ3v) is 6.67. The topological polar surface area (TPSA) is 145 Å². The molecule has 0 aliphatic heterocycles. The summed E-state index contributed by atoms with van der Waals surface area (Å²) < 4.78 is 68.0. The summed E-state index contributed by atoms with van der Waals surface area (Å²) in [5, 5.41) is 7.65. The summed E-state index contributed by atoms with van der Waals surface area (Å²) in [5.74, 6) is -0.632. The highest BCUT2D eigenvalue weighted by Crippen LogP contribution is 2.19. The first-order valence-electron chi connectivity index (χ1n) is 9.43. The lowest BCUT2D eigenvalue weighted by Gasteiger charge is -2.10. The molecule has 0 aromatic heterocycles. The number of rotatable bonds is 9. The molecule has 0 unspecified atom stereocenters. The molecule has 0 spiro atoms. The van der Waals surface area contributed by atoms with E-state index in [4.69, 9.17) is 9.88 Å². The van der Waals surface area contributed by atoms with Crippen molar-refractivity contribution < 1.29 is 30.8 Å². The molecular weight excluding hydrogens is 473 g/mol. The van der Waals surface area contributed by atoms with Crippen molar-refractivity contribution in [2.45, 2.75) is 16.3 Å². The Morgan fingerprint density at radius 3 is 2.00 bits per heavy atom. The zero-order valence-corrected chi connectivity index (χ0v) is 18.7. The molecular formula is C21H20FN3O6S2. The van der Waals surface area contributed by atoms with Crippen molar-refractivity contribution in [3.8, 4) is 5.75 Å². The van der Waals surface area contributed by atoms with E-state index in [0.29, 0.717) is 5.56 Å². The number of halogens is 1. The Morgan fingerprint density at radius 2 is 1.42 bits per heavy atom. The Labute approximate surface area is 190 Å². The lowest BCUT2D eigenvalue weighted by molar-refractivity contribution is -0.123. The van der Waals surface area contributed by atoms with Gasteiger partial charge >= 0.3 is 0 Å². The maximum atomic E-state index is 13.0. The lowest BCUT2D eigenvalue weighted by atomic mass is 10.2. The molecule has 3 rings (SSSR count). The predicted octanol–water partition coefficient (Wildman–Crippen LogP) is 1.97. The lowest BCUT2D eigenvalue weighted by Crippen LogP contribution is -2.28. The van der Waals surface area contributed by atoms with Gasteiger partial charge in [-0.05, 0) is 66.2 Å². The minimum Gasteiger partial charge on any atom is -0.484 e. The number of hydrogen-bond acceptors (Lipinski definition) is 6. The Hall–Kier alpha value is -3.48. The predicted molar refractivity (Wildman–Crippen MR) is 119 cm³/mol. The highest BCUT2D eigenvalue weighted by Gasteiger charge is 2.14. The van der Waals surface area contributed by atoms with Gasteiger partial charge in [-0.1, -0.05) is 12.1 Å². The van der Waals surface area contributed by atoms with E-state index >= 15 is 0 Å². The zero-order valence-electron chi connectivity index (χ0n) is 17.1.